The van der Waals surface area contributed by atoms with E-state index in [0.29, 0.717) is 17.0 Å². The van der Waals surface area contributed by atoms with Crippen molar-refractivity contribution >= 4 is 23.2 Å². The van der Waals surface area contributed by atoms with Crippen LogP contribution in [0.15, 0.2) is 36.4 Å². The number of anilines is 1. The highest BCUT2D eigenvalue weighted by atomic mass is 35.5. The fourth-order valence-corrected chi connectivity index (χ4v) is 1.96. The highest BCUT2D eigenvalue weighted by Crippen LogP contribution is 2.34. The summed E-state index contributed by atoms with van der Waals surface area (Å²) < 4.78 is 19.8. The van der Waals surface area contributed by atoms with Gasteiger partial charge in [-0.2, -0.15) is 0 Å². The third kappa shape index (κ3) is 3.86. The predicted octanol–water partition coefficient (Wildman–Crippen LogP) is 3.27. The van der Waals surface area contributed by atoms with Crippen molar-refractivity contribution in [2.75, 3.05) is 5.73 Å². The Morgan fingerprint density at radius 3 is 2.48 bits per heavy atom. The highest BCUT2D eigenvalue weighted by Gasteiger charge is 2.15. The van der Waals surface area contributed by atoms with E-state index in [-0.39, 0.29) is 23.6 Å². The van der Waals surface area contributed by atoms with E-state index in [0.717, 1.165) is 0 Å². The number of nitrogens with two attached hydrogens (primary N) is 2. The second-order valence-electron chi connectivity index (χ2n) is 4.49. The van der Waals surface area contributed by atoms with Crippen molar-refractivity contribution in [3.8, 4) is 11.5 Å². The average Bonchev–Trinajstić information content (AvgIpc) is 2.44. The summed E-state index contributed by atoms with van der Waals surface area (Å²) >= 11 is 5.96. The predicted molar refractivity (Wildman–Crippen MR) is 79.9 cm³/mol. The molecule has 0 radical (unpaired) electrons. The van der Waals surface area contributed by atoms with Crippen LogP contribution >= 0.6 is 11.6 Å². The number of carbonyl (C=O) groups is 1. The van der Waals surface area contributed by atoms with Crippen LogP contribution in [0.2, 0.25) is 5.02 Å². The van der Waals surface area contributed by atoms with E-state index in [1.807, 2.05) is 0 Å². The normalized spacial score (nSPS) is 10.4. The Bertz CT molecular complexity index is 659. The lowest BCUT2D eigenvalue weighted by Crippen LogP contribution is -2.11. The van der Waals surface area contributed by atoms with Crippen molar-refractivity contribution in [3.63, 3.8) is 0 Å². The molecule has 0 fully saturated rings. The summed E-state index contributed by atoms with van der Waals surface area (Å²) in [6.07, 6.45) is 0.246. The minimum absolute atomic E-state index is 0.0554. The first-order chi connectivity index (χ1) is 9.97. The Morgan fingerprint density at radius 2 is 1.86 bits per heavy atom. The number of ether oxygens (including phenoxy) is 1. The molecule has 0 saturated carbocycles. The zero-order valence-electron chi connectivity index (χ0n) is 11.1. The maximum atomic E-state index is 14.4. The molecule has 4 nitrogen and oxygen atoms in total. The lowest BCUT2D eigenvalue weighted by atomic mass is 10.1. The fourth-order valence-electron chi connectivity index (χ4n) is 1.77. The van der Waals surface area contributed by atoms with E-state index < -0.39 is 11.7 Å². The number of primary amides is 1. The molecule has 0 spiro atoms. The second-order valence-corrected chi connectivity index (χ2v) is 4.89. The van der Waals surface area contributed by atoms with Gasteiger partial charge < -0.3 is 16.2 Å². The Hall–Kier alpha value is -2.27. The third-order valence-corrected chi connectivity index (χ3v) is 3.17. The molecule has 110 valence electrons. The minimum Gasteiger partial charge on any atom is -0.453 e. The molecule has 0 aliphatic rings. The molecule has 2 aromatic carbocycles. The molecule has 21 heavy (non-hydrogen) atoms. The van der Waals surface area contributed by atoms with Crippen LogP contribution in [-0.2, 0) is 11.2 Å². The molecule has 0 atom stereocenters. The van der Waals surface area contributed by atoms with Gasteiger partial charge in [-0.15, -0.1) is 0 Å². The van der Waals surface area contributed by atoms with Crippen molar-refractivity contribution in [1.82, 2.24) is 0 Å². The number of hydrogen-bond acceptors (Lipinski definition) is 3. The summed E-state index contributed by atoms with van der Waals surface area (Å²) in [5, 5.41) is 0.146. The number of aryl methyl sites for hydroxylation is 1. The SMILES string of the molecule is NC(=O)CCc1ccc(Cl)c(Oc2ccc(N)cc2)c1F. The van der Waals surface area contributed by atoms with Gasteiger partial charge in [0.05, 0.1) is 5.02 Å². The van der Waals surface area contributed by atoms with Gasteiger partial charge in [0.15, 0.2) is 11.6 Å². The second kappa shape index (κ2) is 6.45. The summed E-state index contributed by atoms with van der Waals surface area (Å²) in [5.74, 6) is -0.758. The maximum absolute atomic E-state index is 14.4. The molecule has 1 amide bonds. The van der Waals surface area contributed by atoms with Crippen molar-refractivity contribution in [1.29, 1.82) is 0 Å². The van der Waals surface area contributed by atoms with Crippen LogP contribution in [-0.4, -0.2) is 5.91 Å². The summed E-state index contributed by atoms with van der Waals surface area (Å²) in [6, 6.07) is 9.53. The molecule has 0 aliphatic heterocycles. The number of carbonyl (C=O) groups excluding carboxylic acids is 1. The zero-order chi connectivity index (χ0) is 15.4. The van der Waals surface area contributed by atoms with Gasteiger partial charge >= 0.3 is 0 Å². The number of halogens is 2. The number of rotatable bonds is 5. The summed E-state index contributed by atoms with van der Waals surface area (Å²) in [7, 11) is 0. The Morgan fingerprint density at radius 1 is 1.19 bits per heavy atom. The maximum Gasteiger partial charge on any atom is 0.217 e. The first-order valence-corrected chi connectivity index (χ1v) is 6.63. The van der Waals surface area contributed by atoms with E-state index in [4.69, 9.17) is 27.8 Å². The van der Waals surface area contributed by atoms with Crippen LogP contribution in [0, 0.1) is 5.82 Å². The van der Waals surface area contributed by atoms with Gasteiger partial charge in [0.25, 0.3) is 0 Å². The minimum atomic E-state index is -0.597. The van der Waals surface area contributed by atoms with Crippen LogP contribution in [0.25, 0.3) is 0 Å². The van der Waals surface area contributed by atoms with E-state index in [1.54, 1.807) is 24.3 Å². The van der Waals surface area contributed by atoms with Gasteiger partial charge in [-0.05, 0) is 42.3 Å². The molecule has 0 bridgehead atoms. The molecule has 6 heteroatoms. The van der Waals surface area contributed by atoms with Crippen LogP contribution in [0.3, 0.4) is 0 Å². The molecule has 2 rings (SSSR count). The van der Waals surface area contributed by atoms with E-state index in [9.17, 15) is 9.18 Å². The van der Waals surface area contributed by atoms with Crippen LogP contribution < -0.4 is 16.2 Å². The quantitative estimate of drug-likeness (QED) is 0.832. The first kappa shape index (κ1) is 15.1. The standard InChI is InChI=1S/C15H14ClFN2O2/c16-12-7-1-9(2-8-13(19)20)14(17)15(12)21-11-5-3-10(18)4-6-11/h1,3-7H,2,8,18H2,(H2,19,20). The Kier molecular flexibility index (Phi) is 4.65. The van der Waals surface area contributed by atoms with Crippen LogP contribution in [0.1, 0.15) is 12.0 Å². The van der Waals surface area contributed by atoms with Crippen molar-refractivity contribution < 1.29 is 13.9 Å². The van der Waals surface area contributed by atoms with Crippen molar-refractivity contribution in [3.05, 3.63) is 52.8 Å². The van der Waals surface area contributed by atoms with Crippen LogP contribution in [0.5, 0.6) is 11.5 Å². The first-order valence-electron chi connectivity index (χ1n) is 6.26. The Labute approximate surface area is 126 Å². The molecule has 0 aromatic heterocycles. The molecule has 0 saturated heterocycles. The molecule has 0 heterocycles. The lowest BCUT2D eigenvalue weighted by Gasteiger charge is -2.11. The summed E-state index contributed by atoms with van der Waals surface area (Å²) in [6.45, 7) is 0. The number of benzene rings is 2. The smallest absolute Gasteiger partial charge is 0.217 e. The van der Waals surface area contributed by atoms with Gasteiger partial charge in [-0.3, -0.25) is 4.79 Å². The molecular formula is C15H14ClFN2O2. The monoisotopic (exact) mass is 308 g/mol. The fraction of sp³-hybridized carbons (Fsp3) is 0.133. The van der Waals surface area contributed by atoms with Crippen molar-refractivity contribution in [2.24, 2.45) is 5.73 Å². The molecule has 2 aromatic rings. The third-order valence-electron chi connectivity index (χ3n) is 2.87. The summed E-state index contributed by atoms with van der Waals surface area (Å²) in [4.78, 5) is 10.8. The van der Waals surface area contributed by atoms with Gasteiger partial charge in [0.1, 0.15) is 5.75 Å². The van der Waals surface area contributed by atoms with E-state index in [1.165, 1.54) is 12.1 Å². The largest absolute Gasteiger partial charge is 0.453 e. The van der Waals surface area contributed by atoms with Crippen LogP contribution in [0.4, 0.5) is 10.1 Å². The Balaban J connectivity index is 2.27. The molecular weight excluding hydrogens is 295 g/mol. The molecule has 0 unspecified atom stereocenters. The summed E-state index contributed by atoms with van der Waals surface area (Å²) in [5.41, 5.74) is 11.5. The number of hydrogen-bond donors (Lipinski definition) is 2. The van der Waals surface area contributed by atoms with Crippen molar-refractivity contribution in [2.45, 2.75) is 12.8 Å². The topological polar surface area (TPSA) is 78.3 Å². The highest BCUT2D eigenvalue weighted by molar-refractivity contribution is 6.32. The lowest BCUT2D eigenvalue weighted by molar-refractivity contribution is -0.117. The van der Waals surface area contributed by atoms with E-state index >= 15 is 0 Å². The van der Waals surface area contributed by atoms with Gasteiger partial charge in [-0.1, -0.05) is 17.7 Å². The van der Waals surface area contributed by atoms with Gasteiger partial charge in [0.2, 0.25) is 5.91 Å². The number of nitrogen functional groups attached to an aromatic ring is 1. The zero-order valence-corrected chi connectivity index (χ0v) is 11.9. The van der Waals surface area contributed by atoms with E-state index in [2.05, 4.69) is 0 Å². The number of amides is 1. The molecule has 4 N–H and O–H groups in total. The van der Waals surface area contributed by atoms with Gasteiger partial charge in [0, 0.05) is 12.1 Å². The van der Waals surface area contributed by atoms with Gasteiger partial charge in [-0.25, -0.2) is 4.39 Å². The molecule has 0 aliphatic carbocycles. The average molecular weight is 309 g/mol.